The first kappa shape index (κ1) is 25.9. The van der Waals surface area contributed by atoms with Crippen molar-refractivity contribution >= 4 is 24.8 Å². The van der Waals surface area contributed by atoms with Gasteiger partial charge in [0.05, 0.1) is 12.2 Å². The first-order chi connectivity index (χ1) is 16.5. The molecule has 1 atom stereocenters. The van der Waals surface area contributed by atoms with Gasteiger partial charge in [0, 0.05) is 36.6 Å². The Morgan fingerprint density at radius 1 is 1.29 bits per heavy atom. The highest BCUT2D eigenvalue weighted by molar-refractivity contribution is 5.99. The molecule has 1 saturated heterocycles. The molecule has 0 radical (unpaired) electrons. The maximum absolute atomic E-state index is 14.6. The molecule has 2 aliphatic rings. The molecule has 5 heteroatoms. The van der Waals surface area contributed by atoms with Crippen LogP contribution in [0.25, 0.3) is 12.3 Å². The van der Waals surface area contributed by atoms with Crippen molar-refractivity contribution in [2.45, 2.75) is 66.2 Å². The Labute approximate surface area is 204 Å². The van der Waals surface area contributed by atoms with E-state index < -0.39 is 0 Å². The average molecular weight is 465 g/mol. The number of aliphatic imine (C=N–C) groups is 2. The minimum Gasteiger partial charge on any atom is -0.385 e. The topological polar surface area (TPSA) is 40.0 Å². The van der Waals surface area contributed by atoms with E-state index in [9.17, 15) is 4.39 Å². The van der Waals surface area contributed by atoms with Crippen LogP contribution < -0.4 is 15.8 Å². The number of piperidine rings is 1. The molecule has 0 saturated carbocycles. The first-order valence-corrected chi connectivity index (χ1v) is 12.9. The van der Waals surface area contributed by atoms with E-state index in [1.807, 2.05) is 19.2 Å². The summed E-state index contributed by atoms with van der Waals surface area (Å²) in [5, 5.41) is 5.37. The first-order valence-electron chi connectivity index (χ1n) is 12.9. The van der Waals surface area contributed by atoms with E-state index in [2.05, 4.69) is 54.8 Å². The standard InChI is InChI=1S/C29H41FN4/c1-6-15-33-29(34-16-9-11-22(4)20-34)25-12-8-10-21(3)17-23-13-14-27(30)24(7-2)26(23)18-32-19-28(25)31-5/h10,13-14,17-18,22,32H,5-9,11-12,15-16,19-20H2,1-4H3/b21-10-,23-17-,26-18-,28-25-,33-29?. The van der Waals surface area contributed by atoms with Crippen LogP contribution in [0.1, 0.15) is 65.4 Å². The molecular formula is C29H41FN4. The molecule has 0 spiro atoms. The average Bonchev–Trinajstić information content (AvgIpc) is 2.82. The van der Waals surface area contributed by atoms with Gasteiger partial charge in [0.15, 0.2) is 0 Å². The van der Waals surface area contributed by atoms with Crippen molar-refractivity contribution in [3.8, 4) is 0 Å². The molecule has 2 heterocycles. The van der Waals surface area contributed by atoms with Crippen molar-refractivity contribution in [1.82, 2.24) is 10.2 Å². The van der Waals surface area contributed by atoms with Gasteiger partial charge in [-0.1, -0.05) is 44.6 Å². The molecule has 0 bridgehead atoms. The molecule has 0 aliphatic carbocycles. The summed E-state index contributed by atoms with van der Waals surface area (Å²) in [7, 11) is 0. The number of fused-ring (bicyclic) bond motifs is 1. The quantitative estimate of drug-likeness (QED) is 0.505. The second kappa shape index (κ2) is 12.7. The lowest BCUT2D eigenvalue weighted by molar-refractivity contribution is 0.272. The van der Waals surface area contributed by atoms with E-state index in [0.717, 1.165) is 66.4 Å². The number of amidine groups is 1. The van der Waals surface area contributed by atoms with Crippen LogP contribution in [0.4, 0.5) is 4.39 Å². The highest BCUT2D eigenvalue weighted by Gasteiger charge is 2.24. The number of benzene rings is 1. The molecule has 4 nitrogen and oxygen atoms in total. The molecule has 0 aromatic heterocycles. The lowest BCUT2D eigenvalue weighted by Crippen LogP contribution is -2.41. The van der Waals surface area contributed by atoms with Crippen LogP contribution in [0.2, 0.25) is 0 Å². The van der Waals surface area contributed by atoms with Crippen LogP contribution in [0, 0.1) is 11.7 Å². The maximum Gasteiger partial charge on any atom is 0.128 e. The largest absolute Gasteiger partial charge is 0.385 e. The summed E-state index contributed by atoms with van der Waals surface area (Å²) in [6.07, 6.45) is 12.2. The van der Waals surface area contributed by atoms with Gasteiger partial charge in [0.25, 0.3) is 0 Å². The summed E-state index contributed by atoms with van der Waals surface area (Å²) in [5.74, 6) is 1.59. The zero-order valence-corrected chi connectivity index (χ0v) is 21.5. The Bertz CT molecular complexity index is 1080. The highest BCUT2D eigenvalue weighted by atomic mass is 19.1. The second-order valence-corrected chi connectivity index (χ2v) is 9.52. The number of likely N-dealkylation sites (tertiary alicyclic amines) is 1. The number of nitrogens with one attached hydrogen (secondary N) is 1. The fourth-order valence-corrected chi connectivity index (χ4v) is 4.94. The Hall–Kier alpha value is -2.69. The molecule has 184 valence electrons. The van der Waals surface area contributed by atoms with Crippen LogP contribution in [-0.4, -0.2) is 43.6 Å². The van der Waals surface area contributed by atoms with Gasteiger partial charge in [0.2, 0.25) is 0 Å². The van der Waals surface area contributed by atoms with Crippen molar-refractivity contribution in [3.05, 3.63) is 56.9 Å². The van der Waals surface area contributed by atoms with E-state index in [0.29, 0.717) is 18.9 Å². The van der Waals surface area contributed by atoms with Crippen molar-refractivity contribution in [2.75, 3.05) is 26.2 Å². The van der Waals surface area contributed by atoms with Gasteiger partial charge in [-0.3, -0.25) is 9.98 Å². The number of halogens is 1. The van der Waals surface area contributed by atoms with Gasteiger partial charge in [-0.05, 0) is 74.9 Å². The number of nitrogens with zero attached hydrogens (tertiary/aromatic N) is 3. The van der Waals surface area contributed by atoms with Crippen molar-refractivity contribution < 1.29 is 4.39 Å². The van der Waals surface area contributed by atoms with E-state index in [-0.39, 0.29) is 5.82 Å². The third kappa shape index (κ3) is 6.46. The fourth-order valence-electron chi connectivity index (χ4n) is 4.94. The Morgan fingerprint density at radius 3 is 2.82 bits per heavy atom. The van der Waals surface area contributed by atoms with Crippen LogP contribution in [0.15, 0.2) is 45.0 Å². The van der Waals surface area contributed by atoms with E-state index in [1.165, 1.54) is 24.0 Å². The normalized spacial score (nSPS) is 25.8. The van der Waals surface area contributed by atoms with Crippen LogP contribution >= 0.6 is 0 Å². The lowest BCUT2D eigenvalue weighted by Gasteiger charge is -2.35. The van der Waals surface area contributed by atoms with Crippen LogP contribution in [-0.2, 0) is 6.42 Å². The van der Waals surface area contributed by atoms with Crippen LogP contribution in [0.3, 0.4) is 0 Å². The number of hydrogen-bond acceptors (Lipinski definition) is 3. The Kier molecular flexibility index (Phi) is 9.67. The summed E-state index contributed by atoms with van der Waals surface area (Å²) < 4.78 is 14.6. The summed E-state index contributed by atoms with van der Waals surface area (Å²) >= 11 is 0. The van der Waals surface area contributed by atoms with E-state index >= 15 is 0 Å². The third-order valence-corrected chi connectivity index (χ3v) is 6.70. The summed E-state index contributed by atoms with van der Waals surface area (Å²) in [5.41, 5.74) is 4.01. The second-order valence-electron chi connectivity index (χ2n) is 9.52. The smallest absolute Gasteiger partial charge is 0.128 e. The fraction of sp³-hybridized carbons (Fsp3) is 0.517. The monoisotopic (exact) mass is 464 g/mol. The number of hydrogen-bond donors (Lipinski definition) is 1. The van der Waals surface area contributed by atoms with Gasteiger partial charge in [0.1, 0.15) is 11.7 Å². The van der Waals surface area contributed by atoms with Crippen LogP contribution in [0.5, 0.6) is 0 Å². The van der Waals surface area contributed by atoms with Crippen molar-refractivity contribution in [1.29, 1.82) is 0 Å². The predicted octanol–water partition coefficient (Wildman–Crippen LogP) is 4.73. The molecule has 0 amide bonds. The zero-order valence-electron chi connectivity index (χ0n) is 21.5. The van der Waals surface area contributed by atoms with Gasteiger partial charge < -0.3 is 10.2 Å². The number of allylic oxidation sites excluding steroid dienone is 2. The zero-order chi connectivity index (χ0) is 24.5. The minimum absolute atomic E-state index is 0.159. The summed E-state index contributed by atoms with van der Waals surface area (Å²) in [4.78, 5) is 12.0. The lowest BCUT2D eigenvalue weighted by atomic mass is 9.97. The predicted molar refractivity (Wildman–Crippen MR) is 144 cm³/mol. The Morgan fingerprint density at radius 2 is 2.12 bits per heavy atom. The molecule has 1 aromatic rings. The minimum atomic E-state index is -0.159. The van der Waals surface area contributed by atoms with Gasteiger partial charge in [-0.25, -0.2) is 4.39 Å². The molecular weight excluding hydrogens is 423 g/mol. The van der Waals surface area contributed by atoms with Gasteiger partial charge in [-0.15, -0.1) is 0 Å². The summed E-state index contributed by atoms with van der Waals surface area (Å²) in [6.45, 7) is 15.9. The molecule has 2 aliphatic heterocycles. The third-order valence-electron chi connectivity index (χ3n) is 6.70. The molecule has 1 fully saturated rings. The highest BCUT2D eigenvalue weighted by Crippen LogP contribution is 2.23. The Balaban J connectivity index is 2.10. The van der Waals surface area contributed by atoms with Gasteiger partial charge >= 0.3 is 0 Å². The summed E-state index contributed by atoms with van der Waals surface area (Å²) in [6, 6.07) is 3.44. The maximum atomic E-state index is 14.6. The van der Waals surface area contributed by atoms with Gasteiger partial charge in [-0.2, -0.15) is 0 Å². The van der Waals surface area contributed by atoms with E-state index in [4.69, 9.17) is 4.99 Å². The van der Waals surface area contributed by atoms with Crippen molar-refractivity contribution in [3.63, 3.8) is 0 Å². The molecule has 1 unspecified atom stereocenters. The van der Waals surface area contributed by atoms with E-state index in [1.54, 1.807) is 6.07 Å². The molecule has 34 heavy (non-hydrogen) atoms. The van der Waals surface area contributed by atoms with Crippen molar-refractivity contribution in [2.24, 2.45) is 15.9 Å². The molecule has 1 aromatic carbocycles. The molecule has 1 N–H and O–H groups in total. The number of rotatable bonds is 5. The SMILES string of the molecule is C=N/C1=C(\C(=NCCC)N2CCCC(C)C2)CC\C=C(C)/C=c2/ccc(F)c(CC)/c2=C\NC1. The molecule has 3 rings (SSSR count).